The molecule has 3 aliphatic heterocycles. The lowest BCUT2D eigenvalue weighted by atomic mass is 9.97. The standard InChI is InChI=1S/C33H42O19/c34-11-22-28(50-23(41)6-3-14-1-4-16(35)18(37)9-14)29(51-31-26(44)24(42)20(39)12-47-31)30(52-32-27(45)25(43)21(40)13-48-32)33(49-22)46-8-7-15-2-5-17(36)19(38)10-15/h1-6,9-10,20-22,24-40,42-45H,7-8,11-13H2/b6-3+/t20-,21-,22-,24-,25-,26+,27+,28-,29+,30-,31+,32+,33-/m1/s1. The minimum Gasteiger partial charge on any atom is -0.504 e. The van der Waals surface area contributed by atoms with Crippen LogP contribution in [0.2, 0.25) is 0 Å². The second kappa shape index (κ2) is 17.4. The fourth-order valence-corrected chi connectivity index (χ4v) is 5.71. The first kappa shape index (κ1) is 39.5. The molecule has 0 aliphatic carbocycles. The average Bonchev–Trinajstić information content (AvgIpc) is 3.12. The van der Waals surface area contributed by atoms with Crippen LogP contribution in [-0.2, 0) is 44.4 Å². The number of benzene rings is 2. The minimum atomic E-state index is -1.87. The fourth-order valence-electron chi connectivity index (χ4n) is 5.71. The van der Waals surface area contributed by atoms with E-state index >= 15 is 0 Å². The molecule has 52 heavy (non-hydrogen) atoms. The van der Waals surface area contributed by atoms with Crippen LogP contribution in [0.4, 0.5) is 0 Å². The third-order valence-electron chi connectivity index (χ3n) is 8.64. The Balaban J connectivity index is 1.46. The van der Waals surface area contributed by atoms with Gasteiger partial charge in [0.2, 0.25) is 0 Å². The van der Waals surface area contributed by atoms with Gasteiger partial charge in [-0.3, -0.25) is 0 Å². The zero-order valence-electron chi connectivity index (χ0n) is 27.3. The van der Waals surface area contributed by atoms with Crippen molar-refractivity contribution in [2.45, 2.75) is 86.3 Å². The lowest BCUT2D eigenvalue weighted by Gasteiger charge is -2.48. The highest BCUT2D eigenvalue weighted by Crippen LogP contribution is 2.34. The third kappa shape index (κ3) is 9.27. The van der Waals surface area contributed by atoms with Gasteiger partial charge in [-0.15, -0.1) is 0 Å². The van der Waals surface area contributed by atoms with Crippen LogP contribution in [-0.4, -0.2) is 168 Å². The lowest BCUT2D eigenvalue weighted by Crippen LogP contribution is -2.66. The van der Waals surface area contributed by atoms with E-state index in [-0.39, 0.29) is 30.1 Å². The van der Waals surface area contributed by atoms with Gasteiger partial charge in [-0.1, -0.05) is 12.1 Å². The smallest absolute Gasteiger partial charge is 0.331 e. The number of hydrogen-bond acceptors (Lipinski definition) is 19. The van der Waals surface area contributed by atoms with E-state index in [9.17, 15) is 61.0 Å². The molecule has 2 aromatic rings. The van der Waals surface area contributed by atoms with Crippen molar-refractivity contribution in [1.29, 1.82) is 0 Å². The summed E-state index contributed by atoms with van der Waals surface area (Å²) in [6.07, 6.45) is -19.2. The molecule has 0 spiro atoms. The molecule has 5 rings (SSSR count). The molecular formula is C33H42O19. The lowest BCUT2D eigenvalue weighted by molar-refractivity contribution is -0.381. The van der Waals surface area contributed by atoms with E-state index < -0.39 is 117 Å². The predicted molar refractivity (Wildman–Crippen MR) is 169 cm³/mol. The van der Waals surface area contributed by atoms with Crippen molar-refractivity contribution in [1.82, 2.24) is 0 Å². The maximum atomic E-state index is 13.2. The van der Waals surface area contributed by atoms with Crippen molar-refractivity contribution < 1.29 is 94.1 Å². The van der Waals surface area contributed by atoms with Gasteiger partial charge < -0.3 is 89.3 Å². The maximum Gasteiger partial charge on any atom is 0.331 e. The largest absolute Gasteiger partial charge is 0.504 e. The highest BCUT2D eigenvalue weighted by atomic mass is 16.8. The number of ether oxygens (including phenoxy) is 7. The average molecular weight is 743 g/mol. The van der Waals surface area contributed by atoms with Crippen molar-refractivity contribution in [3.63, 3.8) is 0 Å². The fraction of sp³-hybridized carbons (Fsp3) is 0.545. The van der Waals surface area contributed by atoms with Crippen LogP contribution in [0.15, 0.2) is 42.5 Å². The summed E-state index contributed by atoms with van der Waals surface area (Å²) in [7, 11) is 0. The molecule has 0 saturated carbocycles. The number of aromatic hydroxyl groups is 4. The molecule has 11 N–H and O–H groups in total. The van der Waals surface area contributed by atoms with Gasteiger partial charge in [-0.25, -0.2) is 4.79 Å². The molecule has 0 amide bonds. The van der Waals surface area contributed by atoms with E-state index in [1.54, 1.807) is 0 Å². The molecule has 0 unspecified atom stereocenters. The summed E-state index contributed by atoms with van der Waals surface area (Å²) in [6.45, 7) is -1.98. The molecular weight excluding hydrogens is 700 g/mol. The van der Waals surface area contributed by atoms with Gasteiger partial charge >= 0.3 is 5.97 Å². The molecule has 13 atom stereocenters. The van der Waals surface area contributed by atoms with Gasteiger partial charge in [0.05, 0.1) is 26.4 Å². The summed E-state index contributed by atoms with van der Waals surface area (Å²) < 4.78 is 40.5. The second-order valence-corrected chi connectivity index (χ2v) is 12.4. The van der Waals surface area contributed by atoms with Crippen LogP contribution < -0.4 is 0 Å². The molecule has 0 aromatic heterocycles. The SMILES string of the molecule is O=C(/C=C/c1ccc(O)c(O)c1)O[C@H]1[C@H](O[C@@H]2OC[C@@H](O)[C@@H](O)[C@@H]2O)[C@@H](O[C@@H]2OC[C@@H](O)[C@@H](O)[C@@H]2O)[C@H](OCCc2ccc(O)c(O)c2)O[C@@H]1CO. The number of phenolic OH excluding ortho intramolecular Hbond substituents is 4. The Morgan fingerprint density at radius 2 is 1.29 bits per heavy atom. The number of phenols is 4. The van der Waals surface area contributed by atoms with E-state index in [0.717, 1.165) is 6.08 Å². The Labute approximate surface area is 295 Å². The van der Waals surface area contributed by atoms with E-state index in [1.165, 1.54) is 42.5 Å². The normalized spacial score (nSPS) is 35.4. The monoisotopic (exact) mass is 742 g/mol. The number of aliphatic hydroxyl groups excluding tert-OH is 7. The second-order valence-electron chi connectivity index (χ2n) is 12.4. The van der Waals surface area contributed by atoms with Crippen LogP contribution in [0.25, 0.3) is 6.08 Å². The summed E-state index contributed by atoms with van der Waals surface area (Å²) in [4.78, 5) is 13.2. The van der Waals surface area contributed by atoms with Crippen molar-refractivity contribution in [2.75, 3.05) is 26.4 Å². The quantitative estimate of drug-likeness (QED) is 0.0589. The highest BCUT2D eigenvalue weighted by Gasteiger charge is 2.54. The summed E-state index contributed by atoms with van der Waals surface area (Å²) in [6, 6.07) is 7.81. The first-order valence-electron chi connectivity index (χ1n) is 16.2. The molecule has 19 nitrogen and oxygen atoms in total. The number of rotatable bonds is 12. The van der Waals surface area contributed by atoms with Gasteiger partial charge in [-0.05, 0) is 47.9 Å². The molecule has 0 bridgehead atoms. The Kier molecular flexibility index (Phi) is 13.3. The summed E-state index contributed by atoms with van der Waals surface area (Å²) in [5.74, 6) is -2.63. The van der Waals surface area contributed by atoms with E-state index in [4.69, 9.17) is 33.2 Å². The third-order valence-corrected chi connectivity index (χ3v) is 8.64. The number of hydrogen-bond donors (Lipinski definition) is 11. The van der Waals surface area contributed by atoms with E-state index in [0.29, 0.717) is 5.56 Å². The van der Waals surface area contributed by atoms with Crippen molar-refractivity contribution in [3.05, 3.63) is 53.6 Å². The van der Waals surface area contributed by atoms with Gasteiger partial charge in [-0.2, -0.15) is 0 Å². The van der Waals surface area contributed by atoms with Crippen molar-refractivity contribution in [3.8, 4) is 23.0 Å². The number of carbonyl (C=O) groups is 1. The summed E-state index contributed by atoms with van der Waals surface area (Å²) >= 11 is 0. The van der Waals surface area contributed by atoms with Crippen molar-refractivity contribution >= 4 is 12.0 Å². The minimum absolute atomic E-state index is 0.119. The van der Waals surface area contributed by atoms with Crippen LogP contribution in [0.5, 0.6) is 23.0 Å². The maximum absolute atomic E-state index is 13.2. The zero-order valence-corrected chi connectivity index (χ0v) is 27.3. The van der Waals surface area contributed by atoms with Crippen molar-refractivity contribution in [2.24, 2.45) is 0 Å². The number of carbonyl (C=O) groups excluding carboxylic acids is 1. The van der Waals surface area contributed by atoms with E-state index in [2.05, 4.69) is 0 Å². The summed E-state index contributed by atoms with van der Waals surface area (Å²) in [5, 5.41) is 111. The first-order chi connectivity index (χ1) is 24.8. The van der Waals surface area contributed by atoms with Crippen LogP contribution in [0, 0.1) is 0 Å². The van der Waals surface area contributed by atoms with Crippen LogP contribution in [0.1, 0.15) is 11.1 Å². The Bertz CT molecular complexity index is 1520. The molecule has 19 heteroatoms. The topological polar surface area (TPSA) is 304 Å². The van der Waals surface area contributed by atoms with Gasteiger partial charge in [0.25, 0.3) is 0 Å². The Morgan fingerprint density at radius 3 is 1.87 bits per heavy atom. The highest BCUT2D eigenvalue weighted by molar-refractivity contribution is 5.87. The molecule has 3 aliphatic rings. The number of esters is 1. The molecule has 3 fully saturated rings. The van der Waals surface area contributed by atoms with Gasteiger partial charge in [0, 0.05) is 6.08 Å². The molecule has 3 saturated heterocycles. The molecule has 0 radical (unpaired) electrons. The predicted octanol–water partition coefficient (Wildman–Crippen LogP) is -2.94. The Hall–Kier alpha value is -3.67. The molecule has 3 heterocycles. The molecule has 2 aromatic carbocycles. The van der Waals surface area contributed by atoms with Gasteiger partial charge in [0.1, 0.15) is 54.9 Å². The zero-order chi connectivity index (χ0) is 37.7. The molecule has 288 valence electrons. The van der Waals surface area contributed by atoms with Crippen LogP contribution in [0.3, 0.4) is 0 Å². The first-order valence-corrected chi connectivity index (χ1v) is 16.2. The Morgan fingerprint density at radius 1 is 0.712 bits per heavy atom. The van der Waals surface area contributed by atoms with E-state index in [1.807, 2.05) is 0 Å². The van der Waals surface area contributed by atoms with Crippen LogP contribution >= 0.6 is 0 Å². The van der Waals surface area contributed by atoms with Gasteiger partial charge in [0.15, 0.2) is 48.0 Å². The number of aliphatic hydroxyl groups is 7. The summed E-state index contributed by atoms with van der Waals surface area (Å²) in [5.41, 5.74) is 0.802.